The van der Waals surface area contributed by atoms with Crippen LogP contribution in [0.5, 0.6) is 0 Å². The van der Waals surface area contributed by atoms with Gasteiger partial charge >= 0.3 is 6.09 Å². The first kappa shape index (κ1) is 24.1. The van der Waals surface area contributed by atoms with E-state index in [4.69, 9.17) is 4.74 Å². The predicted octanol–water partition coefficient (Wildman–Crippen LogP) is 3.58. The van der Waals surface area contributed by atoms with Crippen molar-refractivity contribution in [3.8, 4) is 0 Å². The molecule has 3 heterocycles. The van der Waals surface area contributed by atoms with Gasteiger partial charge in [0.2, 0.25) is 5.91 Å². The number of carbonyl (C=O) groups excluding carboxylic acids is 3. The standard InChI is InChI=1S/C24H38N4O4/c1-5-8-21(29)25-18-9-6-13-27(17-18)22(30)20-10-7-14-28(20)19-11-15-26(16-12-19)23(31)32-24(2,3)4/h7,10,14,18-19H,5-6,8-9,11-13,15-17H2,1-4H3,(H,25,29). The minimum atomic E-state index is -0.504. The zero-order valence-corrected chi connectivity index (χ0v) is 19.9. The summed E-state index contributed by atoms with van der Waals surface area (Å²) in [6.45, 7) is 10.1. The highest BCUT2D eigenvalue weighted by Gasteiger charge is 2.31. The van der Waals surface area contributed by atoms with Crippen LogP contribution in [0.1, 0.15) is 82.8 Å². The normalized spacial score (nSPS) is 20.2. The second-order valence-corrected chi connectivity index (χ2v) is 9.91. The van der Waals surface area contributed by atoms with Gasteiger partial charge < -0.3 is 24.4 Å². The predicted molar refractivity (Wildman–Crippen MR) is 122 cm³/mol. The number of nitrogens with zero attached hydrogens (tertiary/aromatic N) is 3. The van der Waals surface area contributed by atoms with Crippen molar-refractivity contribution in [2.45, 2.75) is 83.9 Å². The first-order valence-corrected chi connectivity index (χ1v) is 11.9. The lowest BCUT2D eigenvalue weighted by Crippen LogP contribution is -2.50. The van der Waals surface area contributed by atoms with Crippen molar-refractivity contribution in [2.24, 2.45) is 0 Å². The fourth-order valence-electron chi connectivity index (χ4n) is 4.51. The van der Waals surface area contributed by atoms with Crippen molar-refractivity contribution < 1.29 is 19.1 Å². The fraction of sp³-hybridized carbons (Fsp3) is 0.708. The Morgan fingerprint density at radius 3 is 2.47 bits per heavy atom. The van der Waals surface area contributed by atoms with Crippen molar-refractivity contribution in [2.75, 3.05) is 26.2 Å². The Kier molecular flexibility index (Phi) is 7.85. The summed E-state index contributed by atoms with van der Waals surface area (Å²) in [5.74, 6) is 0.0749. The molecule has 8 nitrogen and oxygen atoms in total. The van der Waals surface area contributed by atoms with Gasteiger partial charge in [-0.1, -0.05) is 6.92 Å². The van der Waals surface area contributed by atoms with Crippen LogP contribution >= 0.6 is 0 Å². The number of amides is 3. The van der Waals surface area contributed by atoms with E-state index in [1.807, 2.05) is 50.9 Å². The van der Waals surface area contributed by atoms with Gasteiger partial charge in [0.1, 0.15) is 11.3 Å². The molecule has 1 aromatic heterocycles. The van der Waals surface area contributed by atoms with Gasteiger partial charge in [-0.25, -0.2) is 4.79 Å². The highest BCUT2D eigenvalue weighted by molar-refractivity contribution is 5.93. The number of carbonyl (C=O) groups is 3. The Labute approximate surface area is 191 Å². The smallest absolute Gasteiger partial charge is 0.410 e. The number of rotatable bonds is 5. The first-order chi connectivity index (χ1) is 15.2. The first-order valence-electron chi connectivity index (χ1n) is 11.9. The lowest BCUT2D eigenvalue weighted by molar-refractivity contribution is -0.122. The highest BCUT2D eigenvalue weighted by Crippen LogP contribution is 2.27. The van der Waals surface area contributed by atoms with Gasteiger partial charge in [0, 0.05) is 50.9 Å². The van der Waals surface area contributed by atoms with Crippen LogP contribution in [0, 0.1) is 0 Å². The molecule has 2 aliphatic rings. The molecule has 1 unspecified atom stereocenters. The van der Waals surface area contributed by atoms with Crippen molar-refractivity contribution >= 4 is 17.9 Å². The molecule has 2 fully saturated rings. The van der Waals surface area contributed by atoms with E-state index in [-0.39, 0.29) is 30.0 Å². The number of hydrogen-bond donors (Lipinski definition) is 1. The summed E-state index contributed by atoms with van der Waals surface area (Å²) in [7, 11) is 0. The van der Waals surface area contributed by atoms with E-state index < -0.39 is 5.60 Å². The van der Waals surface area contributed by atoms with E-state index in [0.717, 1.165) is 32.1 Å². The maximum Gasteiger partial charge on any atom is 0.410 e. The molecular weight excluding hydrogens is 408 g/mol. The lowest BCUT2D eigenvalue weighted by Gasteiger charge is -2.36. The van der Waals surface area contributed by atoms with E-state index in [1.54, 1.807) is 4.90 Å². The van der Waals surface area contributed by atoms with E-state index >= 15 is 0 Å². The molecule has 1 atom stereocenters. The van der Waals surface area contributed by atoms with Gasteiger partial charge in [-0.15, -0.1) is 0 Å². The molecular formula is C24H38N4O4. The monoisotopic (exact) mass is 446 g/mol. The Hall–Kier alpha value is -2.51. The van der Waals surface area contributed by atoms with E-state index in [2.05, 4.69) is 9.88 Å². The molecule has 8 heteroatoms. The molecule has 0 bridgehead atoms. The molecule has 0 radical (unpaired) electrons. The van der Waals surface area contributed by atoms with Crippen LogP contribution < -0.4 is 5.32 Å². The number of likely N-dealkylation sites (tertiary alicyclic amines) is 2. The van der Waals surface area contributed by atoms with Crippen LogP contribution in [0.3, 0.4) is 0 Å². The molecule has 0 spiro atoms. The summed E-state index contributed by atoms with van der Waals surface area (Å²) in [5, 5.41) is 3.07. The summed E-state index contributed by atoms with van der Waals surface area (Å²) in [5.41, 5.74) is 0.178. The topological polar surface area (TPSA) is 83.9 Å². The summed E-state index contributed by atoms with van der Waals surface area (Å²) in [4.78, 5) is 41.2. The number of nitrogens with one attached hydrogen (secondary N) is 1. The average Bonchev–Trinajstić information content (AvgIpc) is 3.22. The third kappa shape index (κ3) is 6.26. The van der Waals surface area contributed by atoms with E-state index in [9.17, 15) is 14.4 Å². The maximum absolute atomic E-state index is 13.3. The zero-order valence-electron chi connectivity index (χ0n) is 19.9. The average molecular weight is 447 g/mol. The number of aromatic nitrogens is 1. The minimum absolute atomic E-state index is 0.0130. The van der Waals surface area contributed by atoms with E-state index in [0.29, 0.717) is 38.3 Å². The molecule has 178 valence electrons. The SMILES string of the molecule is CCCC(=O)NC1CCCN(C(=O)c2cccn2C2CCN(C(=O)OC(C)(C)C)CC2)C1. The van der Waals surface area contributed by atoms with Gasteiger partial charge in [-0.05, 0) is 65.0 Å². The third-order valence-electron chi connectivity index (χ3n) is 6.06. The van der Waals surface area contributed by atoms with Crippen molar-refractivity contribution in [3.05, 3.63) is 24.0 Å². The second kappa shape index (κ2) is 10.4. The summed E-state index contributed by atoms with van der Waals surface area (Å²) >= 11 is 0. The fourth-order valence-corrected chi connectivity index (χ4v) is 4.51. The van der Waals surface area contributed by atoms with Crippen LogP contribution in [0.15, 0.2) is 18.3 Å². The van der Waals surface area contributed by atoms with Crippen molar-refractivity contribution in [3.63, 3.8) is 0 Å². The maximum atomic E-state index is 13.3. The van der Waals surface area contributed by atoms with Crippen molar-refractivity contribution in [1.82, 2.24) is 19.7 Å². The molecule has 3 amide bonds. The van der Waals surface area contributed by atoms with Crippen LogP contribution in [0.2, 0.25) is 0 Å². The largest absolute Gasteiger partial charge is 0.444 e. The van der Waals surface area contributed by atoms with Crippen LogP contribution in [0.4, 0.5) is 4.79 Å². The molecule has 3 rings (SSSR count). The van der Waals surface area contributed by atoms with Gasteiger partial charge in [-0.3, -0.25) is 9.59 Å². The Balaban J connectivity index is 1.59. The molecule has 0 saturated carbocycles. The summed E-state index contributed by atoms with van der Waals surface area (Å²) in [6.07, 6.45) is 6.39. The summed E-state index contributed by atoms with van der Waals surface area (Å²) in [6, 6.07) is 3.99. The Bertz CT molecular complexity index is 805. The van der Waals surface area contributed by atoms with Gasteiger partial charge in [0.05, 0.1) is 0 Å². The van der Waals surface area contributed by atoms with Crippen LogP contribution in [-0.2, 0) is 9.53 Å². The number of hydrogen-bond acceptors (Lipinski definition) is 4. The molecule has 2 aliphatic heterocycles. The van der Waals surface area contributed by atoms with Gasteiger partial charge in [0.15, 0.2) is 0 Å². The third-order valence-corrected chi connectivity index (χ3v) is 6.06. The molecule has 0 aliphatic carbocycles. The second-order valence-electron chi connectivity index (χ2n) is 9.91. The van der Waals surface area contributed by atoms with E-state index in [1.165, 1.54) is 0 Å². The van der Waals surface area contributed by atoms with Crippen LogP contribution in [-0.4, -0.2) is 70.1 Å². The quantitative estimate of drug-likeness (QED) is 0.749. The summed E-state index contributed by atoms with van der Waals surface area (Å²) < 4.78 is 7.55. The number of ether oxygens (including phenoxy) is 1. The van der Waals surface area contributed by atoms with Gasteiger partial charge in [0.25, 0.3) is 5.91 Å². The minimum Gasteiger partial charge on any atom is -0.444 e. The zero-order chi connectivity index (χ0) is 23.3. The molecule has 0 aromatic carbocycles. The molecule has 32 heavy (non-hydrogen) atoms. The van der Waals surface area contributed by atoms with Gasteiger partial charge in [-0.2, -0.15) is 0 Å². The highest BCUT2D eigenvalue weighted by atomic mass is 16.6. The lowest BCUT2D eigenvalue weighted by atomic mass is 10.0. The Morgan fingerprint density at radius 2 is 1.81 bits per heavy atom. The molecule has 1 aromatic rings. The number of piperidine rings is 2. The van der Waals surface area contributed by atoms with Crippen LogP contribution in [0.25, 0.3) is 0 Å². The molecule has 1 N–H and O–H groups in total. The molecule has 2 saturated heterocycles. The van der Waals surface area contributed by atoms with Crippen molar-refractivity contribution in [1.29, 1.82) is 0 Å². The Morgan fingerprint density at radius 1 is 1.09 bits per heavy atom.